The van der Waals surface area contributed by atoms with Crippen LogP contribution in [0, 0.1) is 12.3 Å². The fourth-order valence-corrected chi connectivity index (χ4v) is 2.47. The zero-order chi connectivity index (χ0) is 19.2. The molecule has 0 radical (unpaired) electrons. The molecule has 2 aromatic rings. The quantitative estimate of drug-likeness (QED) is 0.779. The molecule has 0 aliphatic heterocycles. The van der Waals surface area contributed by atoms with Crippen LogP contribution in [0.5, 0.6) is 0 Å². The molecule has 0 amide bonds. The molecule has 0 aromatic carbocycles. The van der Waals surface area contributed by atoms with Crippen molar-refractivity contribution >= 4 is 0 Å². The van der Waals surface area contributed by atoms with E-state index >= 15 is 0 Å². The van der Waals surface area contributed by atoms with Crippen molar-refractivity contribution < 1.29 is 7.31 Å². The van der Waals surface area contributed by atoms with Gasteiger partial charge in [-0.3, -0.25) is 0 Å². The number of rotatable bonds is 2. The number of hydrogen-bond donors (Lipinski definition) is 0. The topological polar surface area (TPSA) is 29.7 Å². The Labute approximate surface area is 143 Å². The van der Waals surface area contributed by atoms with Gasteiger partial charge in [0.2, 0.25) is 5.69 Å². The maximum Gasteiger partial charge on any atom is 0.215 e. The summed E-state index contributed by atoms with van der Waals surface area (Å²) in [5, 5.41) is 0. The molecule has 0 fully saturated rings. The van der Waals surface area contributed by atoms with E-state index in [0.717, 1.165) is 22.8 Å². The normalized spacial score (nSPS) is 14.4. The van der Waals surface area contributed by atoms with E-state index in [0.29, 0.717) is 5.56 Å². The molecule has 0 N–H and O–H groups in total. The van der Waals surface area contributed by atoms with Crippen LogP contribution in [0.1, 0.15) is 61.4 Å². The van der Waals surface area contributed by atoms with E-state index in [2.05, 4.69) is 30.7 Å². The van der Waals surface area contributed by atoms with Crippen molar-refractivity contribution in [3.8, 4) is 11.3 Å². The summed E-state index contributed by atoms with van der Waals surface area (Å²) >= 11 is 0. The fourth-order valence-electron chi connectivity index (χ4n) is 2.47. The predicted molar refractivity (Wildman–Crippen MR) is 95.2 cm³/mol. The highest BCUT2D eigenvalue weighted by Gasteiger charge is 2.21. The summed E-state index contributed by atoms with van der Waals surface area (Å²) in [4.78, 5) is 9.21. The molecule has 3 heteroatoms. The number of nitrogens with zero attached hydrogens (tertiary/aromatic N) is 3. The van der Waals surface area contributed by atoms with E-state index in [1.54, 1.807) is 0 Å². The third-order valence-corrected chi connectivity index (χ3v) is 3.58. The molecular weight excluding hydrogens is 282 g/mol. The summed E-state index contributed by atoms with van der Waals surface area (Å²) in [7, 11) is 1.94. The third kappa shape index (κ3) is 4.37. The van der Waals surface area contributed by atoms with Gasteiger partial charge in [0.1, 0.15) is 12.9 Å². The van der Waals surface area contributed by atoms with Crippen LogP contribution in [0.2, 0.25) is 0 Å². The van der Waals surface area contributed by atoms with E-state index in [-0.39, 0.29) is 5.41 Å². The minimum Gasteiger partial charge on any atom is -0.240 e. The SMILES string of the molecule is [2H]C([2H])(c1ccc(-c2cnc(C(C)(C)C)nc2C)[n+](C)c1)C(C)(C)C. The van der Waals surface area contributed by atoms with Crippen molar-refractivity contribution in [3.05, 3.63) is 41.6 Å². The molecule has 2 heterocycles. The molecule has 0 aliphatic carbocycles. The lowest BCUT2D eigenvalue weighted by molar-refractivity contribution is -0.660. The van der Waals surface area contributed by atoms with Crippen LogP contribution >= 0.6 is 0 Å². The second kappa shape index (κ2) is 6.03. The first-order valence-corrected chi connectivity index (χ1v) is 8.10. The van der Waals surface area contributed by atoms with Crippen LogP contribution in [0.4, 0.5) is 0 Å². The van der Waals surface area contributed by atoms with Crippen molar-refractivity contribution in [2.45, 2.75) is 60.3 Å². The molecule has 0 saturated heterocycles. The Morgan fingerprint density at radius 3 is 2.26 bits per heavy atom. The molecule has 124 valence electrons. The van der Waals surface area contributed by atoms with E-state index in [9.17, 15) is 0 Å². The van der Waals surface area contributed by atoms with Gasteiger partial charge in [0.15, 0.2) is 6.20 Å². The minimum absolute atomic E-state index is 0.0852. The summed E-state index contributed by atoms with van der Waals surface area (Å²) in [5.41, 5.74) is 3.00. The summed E-state index contributed by atoms with van der Waals surface area (Å²) in [6.07, 6.45) is 2.33. The van der Waals surface area contributed by atoms with Crippen LogP contribution in [-0.2, 0) is 18.8 Å². The zero-order valence-corrected chi connectivity index (χ0v) is 15.7. The molecule has 2 aromatic heterocycles. The molecule has 0 atom stereocenters. The molecule has 2 rings (SSSR count). The Hall–Kier alpha value is -1.77. The second-order valence-electron chi connectivity index (χ2n) is 8.23. The Morgan fingerprint density at radius 1 is 1.13 bits per heavy atom. The van der Waals surface area contributed by atoms with E-state index in [4.69, 9.17) is 2.74 Å². The van der Waals surface area contributed by atoms with Gasteiger partial charge in [-0.2, -0.15) is 0 Å². The Kier molecular flexibility index (Phi) is 3.88. The first kappa shape index (κ1) is 14.8. The number of aromatic nitrogens is 3. The molecule has 3 nitrogen and oxygen atoms in total. The standard InChI is InChI=1S/C20H30N3/c1-14-16(12-21-18(22-14)20(5,6)7)17-10-9-15(13-23(17)8)11-19(2,3)4/h9-10,12-13H,11H2,1-8H3/q+1/i11D2. The highest BCUT2D eigenvalue weighted by molar-refractivity contribution is 5.57. The van der Waals surface area contributed by atoms with Crippen molar-refractivity contribution in [2.75, 3.05) is 0 Å². The van der Waals surface area contributed by atoms with Gasteiger partial charge in [-0.05, 0) is 24.8 Å². The molecule has 0 spiro atoms. The van der Waals surface area contributed by atoms with Crippen LogP contribution in [0.25, 0.3) is 11.3 Å². The average molecular weight is 314 g/mol. The van der Waals surface area contributed by atoms with Gasteiger partial charge in [0.05, 0.1) is 11.3 Å². The maximum absolute atomic E-state index is 8.46. The first-order valence-electron chi connectivity index (χ1n) is 9.10. The largest absolute Gasteiger partial charge is 0.240 e. The Balaban J connectivity index is 2.50. The zero-order valence-electron chi connectivity index (χ0n) is 17.7. The lowest BCUT2D eigenvalue weighted by Gasteiger charge is -2.18. The van der Waals surface area contributed by atoms with Gasteiger partial charge in [-0.25, -0.2) is 14.5 Å². The number of aryl methyl sites for hydroxylation is 2. The van der Waals surface area contributed by atoms with Gasteiger partial charge >= 0.3 is 0 Å². The first-order chi connectivity index (χ1) is 11.2. The molecule has 0 aliphatic rings. The van der Waals surface area contributed by atoms with Gasteiger partial charge in [-0.1, -0.05) is 41.5 Å². The van der Waals surface area contributed by atoms with Crippen molar-refractivity contribution in [1.82, 2.24) is 9.97 Å². The van der Waals surface area contributed by atoms with E-state index in [1.165, 1.54) is 0 Å². The Morgan fingerprint density at radius 2 is 1.78 bits per heavy atom. The van der Waals surface area contributed by atoms with Crippen LogP contribution in [-0.4, -0.2) is 9.97 Å². The summed E-state index contributed by atoms with van der Waals surface area (Å²) < 4.78 is 18.9. The van der Waals surface area contributed by atoms with Crippen molar-refractivity contribution in [1.29, 1.82) is 0 Å². The van der Waals surface area contributed by atoms with Gasteiger partial charge in [0, 0.05) is 26.0 Å². The van der Waals surface area contributed by atoms with Gasteiger partial charge in [-0.15, -0.1) is 0 Å². The molecular formula is C20H30N3+. The van der Waals surface area contributed by atoms with Crippen LogP contribution in [0.3, 0.4) is 0 Å². The predicted octanol–water partition coefficient (Wildman–Crippen LogP) is 4.16. The summed E-state index contributed by atoms with van der Waals surface area (Å²) in [6, 6.07) is 3.83. The summed E-state index contributed by atoms with van der Waals surface area (Å²) in [5.74, 6) is 0.831. The Bertz CT molecular complexity index is 785. The average Bonchev–Trinajstić information content (AvgIpc) is 2.45. The van der Waals surface area contributed by atoms with Crippen LogP contribution < -0.4 is 4.57 Å². The fraction of sp³-hybridized carbons (Fsp3) is 0.550. The maximum atomic E-state index is 8.46. The third-order valence-electron chi connectivity index (χ3n) is 3.58. The van der Waals surface area contributed by atoms with Crippen molar-refractivity contribution in [3.63, 3.8) is 0 Å². The van der Waals surface area contributed by atoms with Crippen molar-refractivity contribution in [2.24, 2.45) is 12.5 Å². The highest BCUT2D eigenvalue weighted by Crippen LogP contribution is 2.24. The lowest BCUT2D eigenvalue weighted by atomic mass is 9.88. The van der Waals surface area contributed by atoms with Gasteiger partial charge in [0.25, 0.3) is 0 Å². The van der Waals surface area contributed by atoms with E-state index in [1.807, 2.05) is 63.8 Å². The second-order valence-corrected chi connectivity index (χ2v) is 8.23. The number of hydrogen-bond acceptors (Lipinski definition) is 2. The number of pyridine rings is 1. The summed E-state index contributed by atoms with van der Waals surface area (Å²) in [6.45, 7) is 14.1. The van der Waals surface area contributed by atoms with Crippen LogP contribution in [0.15, 0.2) is 24.5 Å². The molecule has 23 heavy (non-hydrogen) atoms. The molecule has 0 bridgehead atoms. The molecule has 0 unspecified atom stereocenters. The smallest absolute Gasteiger partial charge is 0.215 e. The van der Waals surface area contributed by atoms with E-state index < -0.39 is 11.8 Å². The monoisotopic (exact) mass is 314 g/mol. The minimum atomic E-state index is -1.41. The highest BCUT2D eigenvalue weighted by atomic mass is 14.9. The molecule has 0 saturated carbocycles. The lowest BCUT2D eigenvalue weighted by Crippen LogP contribution is -2.32. The van der Waals surface area contributed by atoms with Gasteiger partial charge < -0.3 is 0 Å².